The summed E-state index contributed by atoms with van der Waals surface area (Å²) in [6, 6.07) is 0. The minimum atomic E-state index is 0.598. The summed E-state index contributed by atoms with van der Waals surface area (Å²) in [5.41, 5.74) is 0.598. The first-order valence-electron chi connectivity index (χ1n) is 5.91. The molecular weight excluding hydrogens is 208 g/mol. The van der Waals surface area contributed by atoms with Crippen LogP contribution in [0, 0.1) is 11.3 Å². The quantitative estimate of drug-likeness (QED) is 0.668. The first-order chi connectivity index (χ1) is 6.72. The van der Waals surface area contributed by atoms with Crippen molar-refractivity contribution in [2.75, 3.05) is 17.3 Å². The first kappa shape index (κ1) is 12.8. The zero-order valence-electron chi connectivity index (χ0n) is 9.59. The number of hydrogen-bond donors (Lipinski definition) is 1. The summed E-state index contributed by atoms with van der Waals surface area (Å²) in [6.45, 7) is 4.64. The smallest absolute Gasteiger partial charge is 0.000289 e. The number of hydrogen-bond acceptors (Lipinski definition) is 2. The Morgan fingerprint density at radius 2 is 2.00 bits per heavy atom. The van der Waals surface area contributed by atoms with Gasteiger partial charge in [0.15, 0.2) is 0 Å². The van der Waals surface area contributed by atoms with Crippen molar-refractivity contribution in [2.24, 2.45) is 11.3 Å². The van der Waals surface area contributed by atoms with Crippen molar-refractivity contribution < 1.29 is 0 Å². The highest BCUT2D eigenvalue weighted by Gasteiger charge is 2.32. The molecule has 1 aliphatic rings. The van der Waals surface area contributed by atoms with Crippen molar-refractivity contribution in [3.8, 4) is 0 Å². The van der Waals surface area contributed by atoms with E-state index in [4.69, 9.17) is 0 Å². The Kier molecular flexibility index (Phi) is 5.76. The summed E-state index contributed by atoms with van der Waals surface area (Å²) in [5.74, 6) is 4.67. The van der Waals surface area contributed by atoms with Gasteiger partial charge in [0.25, 0.3) is 0 Å². The van der Waals surface area contributed by atoms with Gasteiger partial charge in [0.2, 0.25) is 0 Å². The molecule has 0 aliphatic heterocycles. The number of thiol groups is 1. The van der Waals surface area contributed by atoms with E-state index >= 15 is 0 Å². The minimum Gasteiger partial charge on any atom is -0.179 e. The predicted octanol–water partition coefficient (Wildman–Crippen LogP) is 4.26. The van der Waals surface area contributed by atoms with E-state index < -0.39 is 0 Å². The van der Waals surface area contributed by atoms with Gasteiger partial charge in [0, 0.05) is 0 Å². The minimum absolute atomic E-state index is 0.598. The molecule has 0 heterocycles. The molecule has 84 valence electrons. The molecular formula is C12H24S2. The number of rotatable bonds is 6. The topological polar surface area (TPSA) is 0 Å². The van der Waals surface area contributed by atoms with Gasteiger partial charge in [-0.05, 0) is 41.4 Å². The molecule has 0 saturated heterocycles. The van der Waals surface area contributed by atoms with Gasteiger partial charge in [-0.25, -0.2) is 0 Å². The Balaban J connectivity index is 2.21. The Morgan fingerprint density at radius 1 is 1.36 bits per heavy atom. The van der Waals surface area contributed by atoms with E-state index in [1.807, 2.05) is 0 Å². The van der Waals surface area contributed by atoms with Crippen LogP contribution in [0.2, 0.25) is 0 Å². The maximum atomic E-state index is 4.54. The molecule has 0 nitrogen and oxygen atoms in total. The molecule has 0 radical (unpaired) electrons. The fraction of sp³-hybridized carbons (Fsp3) is 1.00. The maximum Gasteiger partial charge on any atom is -0.000289 e. The normalized spacial score (nSPS) is 22.5. The standard InChI is InChI=1S/C12H24S2/c1-3-11(2)8-14-10-12(9-13)6-4-5-7-12/h11,13H,3-10H2,1-2H3. The lowest BCUT2D eigenvalue weighted by Crippen LogP contribution is -2.22. The van der Waals surface area contributed by atoms with Crippen molar-refractivity contribution in [1.82, 2.24) is 0 Å². The van der Waals surface area contributed by atoms with Crippen molar-refractivity contribution in [1.29, 1.82) is 0 Å². The van der Waals surface area contributed by atoms with Gasteiger partial charge >= 0.3 is 0 Å². The molecule has 0 bridgehead atoms. The van der Waals surface area contributed by atoms with Crippen LogP contribution in [0.3, 0.4) is 0 Å². The Hall–Kier alpha value is 0.700. The highest BCUT2D eigenvalue weighted by molar-refractivity contribution is 7.99. The molecule has 0 aromatic carbocycles. The molecule has 1 aliphatic carbocycles. The van der Waals surface area contributed by atoms with Crippen LogP contribution in [-0.4, -0.2) is 17.3 Å². The highest BCUT2D eigenvalue weighted by Crippen LogP contribution is 2.41. The second-order valence-corrected chi connectivity index (χ2v) is 6.24. The van der Waals surface area contributed by atoms with Crippen LogP contribution in [0.5, 0.6) is 0 Å². The zero-order valence-corrected chi connectivity index (χ0v) is 11.3. The van der Waals surface area contributed by atoms with Crippen LogP contribution < -0.4 is 0 Å². The summed E-state index contributed by atoms with van der Waals surface area (Å²) in [5, 5.41) is 0. The van der Waals surface area contributed by atoms with Gasteiger partial charge in [-0.1, -0.05) is 33.1 Å². The van der Waals surface area contributed by atoms with Crippen LogP contribution in [-0.2, 0) is 0 Å². The average Bonchev–Trinajstić information content (AvgIpc) is 2.67. The molecule has 1 atom stereocenters. The van der Waals surface area contributed by atoms with Gasteiger partial charge < -0.3 is 0 Å². The van der Waals surface area contributed by atoms with Gasteiger partial charge in [-0.3, -0.25) is 0 Å². The fourth-order valence-electron chi connectivity index (χ4n) is 2.07. The second kappa shape index (κ2) is 6.32. The average molecular weight is 232 g/mol. The Labute approximate surface area is 99.0 Å². The van der Waals surface area contributed by atoms with Crippen LogP contribution in [0.4, 0.5) is 0 Å². The van der Waals surface area contributed by atoms with Crippen molar-refractivity contribution in [3.63, 3.8) is 0 Å². The molecule has 0 amide bonds. The van der Waals surface area contributed by atoms with Gasteiger partial charge in [0.1, 0.15) is 0 Å². The molecule has 1 fully saturated rings. The Bertz CT molecular complexity index is 150. The summed E-state index contributed by atoms with van der Waals surface area (Å²) in [6.07, 6.45) is 7.03. The molecule has 0 aromatic heterocycles. The molecule has 1 unspecified atom stereocenters. The van der Waals surface area contributed by atoms with E-state index in [1.54, 1.807) is 0 Å². The van der Waals surface area contributed by atoms with Gasteiger partial charge in [-0.15, -0.1) is 0 Å². The molecule has 2 heteroatoms. The zero-order chi connectivity index (χ0) is 10.4. The van der Waals surface area contributed by atoms with E-state index in [0.717, 1.165) is 11.7 Å². The van der Waals surface area contributed by atoms with Crippen molar-refractivity contribution >= 4 is 24.4 Å². The third-order valence-corrected chi connectivity index (χ3v) is 5.80. The third-order valence-electron chi connectivity index (χ3n) is 3.51. The third kappa shape index (κ3) is 3.69. The summed E-state index contributed by atoms with van der Waals surface area (Å²) in [7, 11) is 0. The van der Waals surface area contributed by atoms with E-state index in [9.17, 15) is 0 Å². The Morgan fingerprint density at radius 3 is 2.50 bits per heavy atom. The van der Waals surface area contributed by atoms with Crippen LogP contribution in [0.15, 0.2) is 0 Å². The SMILES string of the molecule is CCC(C)CSCC1(CS)CCCC1. The monoisotopic (exact) mass is 232 g/mol. The summed E-state index contributed by atoms with van der Waals surface area (Å²) < 4.78 is 0. The van der Waals surface area contributed by atoms with Crippen molar-refractivity contribution in [3.05, 3.63) is 0 Å². The van der Waals surface area contributed by atoms with Crippen LogP contribution in [0.25, 0.3) is 0 Å². The molecule has 1 rings (SSSR count). The van der Waals surface area contributed by atoms with E-state index in [1.165, 1.54) is 43.6 Å². The maximum absolute atomic E-state index is 4.54. The van der Waals surface area contributed by atoms with E-state index in [2.05, 4.69) is 38.2 Å². The van der Waals surface area contributed by atoms with Crippen molar-refractivity contribution in [2.45, 2.75) is 46.0 Å². The lowest BCUT2D eigenvalue weighted by atomic mass is 9.91. The lowest BCUT2D eigenvalue weighted by Gasteiger charge is -2.26. The predicted molar refractivity (Wildman–Crippen MR) is 71.5 cm³/mol. The lowest BCUT2D eigenvalue weighted by molar-refractivity contribution is 0.403. The van der Waals surface area contributed by atoms with E-state index in [0.29, 0.717) is 5.41 Å². The molecule has 0 spiro atoms. The number of thioether (sulfide) groups is 1. The largest absolute Gasteiger partial charge is 0.179 e. The first-order valence-corrected chi connectivity index (χ1v) is 7.70. The fourth-order valence-corrected chi connectivity index (χ4v) is 4.23. The van der Waals surface area contributed by atoms with Crippen LogP contribution in [0.1, 0.15) is 46.0 Å². The summed E-state index contributed by atoms with van der Waals surface area (Å²) in [4.78, 5) is 0. The summed E-state index contributed by atoms with van der Waals surface area (Å²) >= 11 is 6.69. The highest BCUT2D eigenvalue weighted by atomic mass is 32.2. The molecule has 14 heavy (non-hydrogen) atoms. The van der Waals surface area contributed by atoms with Gasteiger partial charge in [-0.2, -0.15) is 24.4 Å². The second-order valence-electron chi connectivity index (χ2n) is 4.89. The van der Waals surface area contributed by atoms with Crippen LogP contribution >= 0.6 is 24.4 Å². The molecule has 0 aromatic rings. The molecule has 1 saturated carbocycles. The van der Waals surface area contributed by atoms with E-state index in [-0.39, 0.29) is 0 Å². The van der Waals surface area contributed by atoms with Gasteiger partial charge in [0.05, 0.1) is 0 Å². The molecule has 0 N–H and O–H groups in total.